The minimum absolute atomic E-state index is 0.303. The van der Waals surface area contributed by atoms with Crippen LogP contribution in [0.25, 0.3) is 0 Å². The van der Waals surface area contributed by atoms with Crippen LogP contribution in [0.1, 0.15) is 9.67 Å². The third kappa shape index (κ3) is 1.35. The lowest BCUT2D eigenvalue weighted by Gasteiger charge is -1.93. The quantitative estimate of drug-likeness (QED) is 0.617. The normalized spacial score (nSPS) is 10.1. The number of primary amides is 1. The SMILES string of the molecule is CSc1sc(C(N)=O)c(N)c1N. The number of amides is 1. The molecule has 1 aromatic rings. The van der Waals surface area contributed by atoms with Crippen LogP contribution in [0.15, 0.2) is 4.21 Å². The Bertz CT molecular complexity index is 321. The minimum atomic E-state index is -0.524. The topological polar surface area (TPSA) is 95.1 Å². The second-order valence-electron chi connectivity index (χ2n) is 2.11. The average Bonchev–Trinajstić information content (AvgIpc) is 2.30. The highest BCUT2D eigenvalue weighted by Gasteiger charge is 2.15. The van der Waals surface area contributed by atoms with Crippen molar-refractivity contribution in [1.82, 2.24) is 0 Å². The molecule has 1 aromatic heterocycles. The molecule has 0 bridgehead atoms. The van der Waals surface area contributed by atoms with Crippen LogP contribution in [-0.4, -0.2) is 12.2 Å². The Hall–Kier alpha value is -0.880. The Labute approximate surface area is 78.1 Å². The second kappa shape index (κ2) is 3.24. The van der Waals surface area contributed by atoms with Crippen molar-refractivity contribution in [2.24, 2.45) is 5.73 Å². The smallest absolute Gasteiger partial charge is 0.261 e. The molecule has 0 radical (unpaired) electrons. The molecule has 0 unspecified atom stereocenters. The lowest BCUT2D eigenvalue weighted by Crippen LogP contribution is -2.11. The van der Waals surface area contributed by atoms with Crippen molar-refractivity contribution < 1.29 is 4.79 Å². The first-order valence-corrected chi connectivity index (χ1v) is 5.13. The largest absolute Gasteiger partial charge is 0.396 e. The monoisotopic (exact) mass is 203 g/mol. The highest BCUT2D eigenvalue weighted by atomic mass is 32.2. The predicted molar refractivity (Wildman–Crippen MR) is 53.4 cm³/mol. The van der Waals surface area contributed by atoms with E-state index in [9.17, 15) is 4.79 Å². The summed E-state index contributed by atoms with van der Waals surface area (Å²) in [4.78, 5) is 11.1. The fraction of sp³-hybridized carbons (Fsp3) is 0.167. The molecule has 0 fully saturated rings. The van der Waals surface area contributed by atoms with Crippen molar-refractivity contribution in [3.8, 4) is 0 Å². The fourth-order valence-corrected chi connectivity index (χ4v) is 2.41. The summed E-state index contributed by atoms with van der Waals surface area (Å²) in [5.41, 5.74) is 17.0. The molecule has 66 valence electrons. The lowest BCUT2D eigenvalue weighted by molar-refractivity contribution is 0.100. The maximum absolute atomic E-state index is 10.8. The second-order valence-corrected chi connectivity index (χ2v) is 4.21. The zero-order valence-corrected chi connectivity index (χ0v) is 8.09. The van der Waals surface area contributed by atoms with E-state index in [4.69, 9.17) is 17.2 Å². The minimum Gasteiger partial charge on any atom is -0.396 e. The molecule has 1 amide bonds. The van der Waals surface area contributed by atoms with E-state index in [1.165, 1.54) is 23.1 Å². The summed E-state index contributed by atoms with van der Waals surface area (Å²) in [5, 5.41) is 0. The fourth-order valence-electron chi connectivity index (χ4n) is 0.770. The maximum Gasteiger partial charge on any atom is 0.261 e. The van der Waals surface area contributed by atoms with Gasteiger partial charge in [0.05, 0.1) is 15.6 Å². The van der Waals surface area contributed by atoms with Gasteiger partial charge >= 0.3 is 0 Å². The molecular weight excluding hydrogens is 194 g/mol. The molecule has 0 aliphatic carbocycles. The van der Waals surface area contributed by atoms with Crippen molar-refractivity contribution in [2.75, 3.05) is 17.7 Å². The van der Waals surface area contributed by atoms with Crippen molar-refractivity contribution in [3.05, 3.63) is 4.88 Å². The van der Waals surface area contributed by atoms with Crippen molar-refractivity contribution >= 4 is 40.4 Å². The molecule has 4 nitrogen and oxygen atoms in total. The van der Waals surface area contributed by atoms with Gasteiger partial charge in [-0.2, -0.15) is 0 Å². The number of thiophene rings is 1. The number of hydrogen-bond donors (Lipinski definition) is 3. The van der Waals surface area contributed by atoms with Crippen molar-refractivity contribution in [3.63, 3.8) is 0 Å². The first kappa shape index (κ1) is 9.21. The highest BCUT2D eigenvalue weighted by molar-refractivity contribution is 8.00. The Kier molecular flexibility index (Phi) is 2.49. The summed E-state index contributed by atoms with van der Waals surface area (Å²) in [6.45, 7) is 0. The van der Waals surface area contributed by atoms with E-state index in [2.05, 4.69) is 0 Å². The molecule has 0 aliphatic heterocycles. The van der Waals surface area contributed by atoms with Gasteiger partial charge in [-0.25, -0.2) is 0 Å². The molecule has 1 heterocycles. The molecule has 0 aliphatic rings. The number of carbonyl (C=O) groups excluding carboxylic acids is 1. The molecule has 1 rings (SSSR count). The summed E-state index contributed by atoms with van der Waals surface area (Å²) in [7, 11) is 0. The number of rotatable bonds is 2. The Balaban J connectivity index is 3.25. The van der Waals surface area contributed by atoms with Crippen molar-refractivity contribution in [2.45, 2.75) is 4.21 Å². The van der Waals surface area contributed by atoms with Gasteiger partial charge in [0.15, 0.2) is 0 Å². The standard InChI is InChI=1S/C6H9N3OS2/c1-11-6-3(8)2(7)4(12-6)5(9)10/h7-8H2,1H3,(H2,9,10). The summed E-state index contributed by atoms with van der Waals surface area (Å²) < 4.78 is 0.835. The summed E-state index contributed by atoms with van der Waals surface area (Å²) >= 11 is 2.69. The summed E-state index contributed by atoms with van der Waals surface area (Å²) in [6, 6.07) is 0. The van der Waals surface area contributed by atoms with Crippen molar-refractivity contribution in [1.29, 1.82) is 0 Å². The number of anilines is 2. The van der Waals surface area contributed by atoms with Crippen LogP contribution in [0.4, 0.5) is 11.4 Å². The van der Waals surface area contributed by atoms with Crippen LogP contribution < -0.4 is 17.2 Å². The van der Waals surface area contributed by atoms with E-state index >= 15 is 0 Å². The molecule has 0 aromatic carbocycles. The number of thioether (sulfide) groups is 1. The molecule has 12 heavy (non-hydrogen) atoms. The zero-order chi connectivity index (χ0) is 9.30. The lowest BCUT2D eigenvalue weighted by atomic mass is 10.3. The molecule has 0 atom stereocenters. The average molecular weight is 203 g/mol. The van der Waals surface area contributed by atoms with Crippen LogP contribution in [0, 0.1) is 0 Å². The molecule has 0 spiro atoms. The third-order valence-electron chi connectivity index (χ3n) is 1.36. The van der Waals surface area contributed by atoms with Gasteiger partial charge in [0.1, 0.15) is 4.88 Å². The van der Waals surface area contributed by atoms with Gasteiger partial charge in [-0.05, 0) is 6.26 Å². The number of nitrogens with two attached hydrogens (primary N) is 3. The summed E-state index contributed by atoms with van der Waals surface area (Å²) in [6.07, 6.45) is 1.87. The van der Waals surface area contributed by atoms with Crippen LogP contribution in [-0.2, 0) is 0 Å². The predicted octanol–water partition coefficient (Wildman–Crippen LogP) is 0.733. The van der Waals surface area contributed by atoms with Gasteiger partial charge in [-0.15, -0.1) is 23.1 Å². The molecule has 0 saturated carbocycles. The van der Waals surface area contributed by atoms with Gasteiger partial charge in [-0.1, -0.05) is 0 Å². The van der Waals surface area contributed by atoms with Crippen LogP contribution in [0.2, 0.25) is 0 Å². The summed E-state index contributed by atoms with van der Waals surface area (Å²) in [5.74, 6) is -0.524. The van der Waals surface area contributed by atoms with Gasteiger partial charge < -0.3 is 17.2 Å². The van der Waals surface area contributed by atoms with E-state index in [-0.39, 0.29) is 0 Å². The number of nitrogen functional groups attached to an aromatic ring is 2. The Morgan fingerprint density at radius 2 is 2.00 bits per heavy atom. The molecule has 0 saturated heterocycles. The first-order chi connectivity index (χ1) is 5.57. The van der Waals surface area contributed by atoms with E-state index in [1.54, 1.807) is 0 Å². The van der Waals surface area contributed by atoms with E-state index in [1.807, 2.05) is 6.26 Å². The Morgan fingerprint density at radius 1 is 1.42 bits per heavy atom. The first-order valence-electron chi connectivity index (χ1n) is 3.09. The number of carbonyl (C=O) groups is 1. The molecule has 6 heteroatoms. The van der Waals surface area contributed by atoms with Crippen LogP contribution in [0.3, 0.4) is 0 Å². The molecule has 6 N–H and O–H groups in total. The van der Waals surface area contributed by atoms with Crippen LogP contribution >= 0.6 is 23.1 Å². The molecular formula is C6H9N3OS2. The van der Waals surface area contributed by atoms with Gasteiger partial charge in [-0.3, -0.25) is 4.79 Å². The van der Waals surface area contributed by atoms with E-state index in [0.29, 0.717) is 16.3 Å². The third-order valence-corrected chi connectivity index (χ3v) is 3.73. The number of hydrogen-bond acceptors (Lipinski definition) is 5. The van der Waals surface area contributed by atoms with Gasteiger partial charge in [0.2, 0.25) is 0 Å². The van der Waals surface area contributed by atoms with Gasteiger partial charge in [0, 0.05) is 0 Å². The Morgan fingerprint density at radius 3 is 2.25 bits per heavy atom. The van der Waals surface area contributed by atoms with E-state index < -0.39 is 5.91 Å². The maximum atomic E-state index is 10.8. The van der Waals surface area contributed by atoms with Crippen LogP contribution in [0.5, 0.6) is 0 Å². The zero-order valence-electron chi connectivity index (χ0n) is 6.46. The van der Waals surface area contributed by atoms with Gasteiger partial charge in [0.25, 0.3) is 5.91 Å². The van der Waals surface area contributed by atoms with E-state index in [0.717, 1.165) is 4.21 Å². The highest BCUT2D eigenvalue weighted by Crippen LogP contribution is 2.38.